The quantitative estimate of drug-likeness (QED) is 0.825. The maximum absolute atomic E-state index is 13.3. The van der Waals surface area contributed by atoms with E-state index in [1.807, 2.05) is 13.0 Å². The number of hydrogen-bond donors (Lipinski definition) is 0. The standard InChI is InChI=1S/C11H9BrClFN2/c1-7-9(13)5-15-16(7)6-8-3-2-4-10(14)11(8)12/h2-5H,6H2,1H3. The van der Waals surface area contributed by atoms with Crippen molar-refractivity contribution in [1.82, 2.24) is 9.78 Å². The summed E-state index contributed by atoms with van der Waals surface area (Å²) in [6, 6.07) is 4.94. The third kappa shape index (κ3) is 2.13. The summed E-state index contributed by atoms with van der Waals surface area (Å²) in [6.45, 7) is 2.37. The van der Waals surface area contributed by atoms with Gasteiger partial charge in [-0.25, -0.2) is 4.39 Å². The van der Waals surface area contributed by atoms with Crippen LogP contribution in [-0.2, 0) is 6.54 Å². The van der Waals surface area contributed by atoms with Crippen molar-refractivity contribution in [3.63, 3.8) is 0 Å². The van der Waals surface area contributed by atoms with Crippen LogP contribution in [0.4, 0.5) is 4.39 Å². The van der Waals surface area contributed by atoms with Gasteiger partial charge in [-0.1, -0.05) is 23.7 Å². The van der Waals surface area contributed by atoms with E-state index in [2.05, 4.69) is 21.0 Å². The van der Waals surface area contributed by atoms with Gasteiger partial charge < -0.3 is 0 Å². The predicted molar refractivity (Wildman–Crippen MR) is 65.2 cm³/mol. The highest BCUT2D eigenvalue weighted by atomic mass is 79.9. The Morgan fingerprint density at radius 2 is 2.25 bits per heavy atom. The van der Waals surface area contributed by atoms with Gasteiger partial charge in [-0.05, 0) is 34.5 Å². The fourth-order valence-corrected chi connectivity index (χ4v) is 1.95. The Morgan fingerprint density at radius 3 is 2.88 bits per heavy atom. The Morgan fingerprint density at radius 1 is 1.50 bits per heavy atom. The first kappa shape index (κ1) is 11.6. The molecule has 1 aromatic heterocycles. The molecule has 0 aliphatic rings. The van der Waals surface area contributed by atoms with E-state index < -0.39 is 0 Å². The molecule has 0 amide bonds. The summed E-state index contributed by atoms with van der Waals surface area (Å²) in [4.78, 5) is 0. The van der Waals surface area contributed by atoms with Crippen molar-refractivity contribution < 1.29 is 4.39 Å². The average molecular weight is 304 g/mol. The van der Waals surface area contributed by atoms with Crippen molar-refractivity contribution in [3.05, 3.63) is 51.0 Å². The van der Waals surface area contributed by atoms with Gasteiger partial charge in [-0.3, -0.25) is 4.68 Å². The van der Waals surface area contributed by atoms with E-state index >= 15 is 0 Å². The van der Waals surface area contributed by atoms with Crippen LogP contribution < -0.4 is 0 Å². The maximum atomic E-state index is 13.3. The van der Waals surface area contributed by atoms with Crippen LogP contribution in [0.2, 0.25) is 5.02 Å². The summed E-state index contributed by atoms with van der Waals surface area (Å²) in [6.07, 6.45) is 1.59. The Bertz CT molecular complexity index is 525. The van der Waals surface area contributed by atoms with Gasteiger partial charge in [0.15, 0.2) is 0 Å². The molecule has 0 aliphatic carbocycles. The number of aromatic nitrogens is 2. The minimum absolute atomic E-state index is 0.270. The lowest BCUT2D eigenvalue weighted by Crippen LogP contribution is -2.04. The summed E-state index contributed by atoms with van der Waals surface area (Å²) < 4.78 is 15.5. The summed E-state index contributed by atoms with van der Waals surface area (Å²) in [5.74, 6) is -0.270. The summed E-state index contributed by atoms with van der Waals surface area (Å²) in [5, 5.41) is 4.74. The second kappa shape index (κ2) is 4.55. The second-order valence-electron chi connectivity index (χ2n) is 3.45. The fourth-order valence-electron chi connectivity index (χ4n) is 1.42. The van der Waals surface area contributed by atoms with Gasteiger partial charge in [0.1, 0.15) is 5.82 Å². The lowest BCUT2D eigenvalue weighted by Gasteiger charge is -2.07. The Kier molecular flexibility index (Phi) is 3.30. The highest BCUT2D eigenvalue weighted by Crippen LogP contribution is 2.22. The van der Waals surface area contributed by atoms with Crippen molar-refractivity contribution in [2.75, 3.05) is 0 Å². The van der Waals surface area contributed by atoms with Crippen LogP contribution >= 0.6 is 27.5 Å². The molecule has 0 atom stereocenters. The van der Waals surface area contributed by atoms with Crippen molar-refractivity contribution in [2.45, 2.75) is 13.5 Å². The van der Waals surface area contributed by atoms with E-state index in [0.29, 0.717) is 16.0 Å². The molecule has 0 radical (unpaired) electrons. The van der Waals surface area contributed by atoms with Gasteiger partial charge in [0.05, 0.1) is 27.9 Å². The minimum atomic E-state index is -0.270. The summed E-state index contributed by atoms with van der Waals surface area (Å²) in [7, 11) is 0. The third-order valence-corrected chi connectivity index (χ3v) is 3.65. The molecular formula is C11H9BrClFN2. The first-order valence-corrected chi connectivity index (χ1v) is 5.87. The molecule has 2 rings (SSSR count). The molecule has 16 heavy (non-hydrogen) atoms. The average Bonchev–Trinajstić information content (AvgIpc) is 2.57. The van der Waals surface area contributed by atoms with Gasteiger partial charge in [0.25, 0.3) is 0 Å². The monoisotopic (exact) mass is 302 g/mol. The van der Waals surface area contributed by atoms with Crippen LogP contribution in [0.5, 0.6) is 0 Å². The number of hydrogen-bond acceptors (Lipinski definition) is 1. The maximum Gasteiger partial charge on any atom is 0.137 e. The van der Waals surface area contributed by atoms with E-state index in [-0.39, 0.29) is 5.82 Å². The Hall–Kier alpha value is -0.870. The van der Waals surface area contributed by atoms with Crippen LogP contribution in [0.3, 0.4) is 0 Å². The SMILES string of the molecule is Cc1c(Cl)cnn1Cc1cccc(F)c1Br. The van der Waals surface area contributed by atoms with Crippen LogP contribution in [0.15, 0.2) is 28.9 Å². The fraction of sp³-hybridized carbons (Fsp3) is 0.182. The van der Waals surface area contributed by atoms with Crippen molar-refractivity contribution in [3.8, 4) is 0 Å². The zero-order valence-corrected chi connectivity index (χ0v) is 10.9. The normalized spacial score (nSPS) is 10.8. The van der Waals surface area contributed by atoms with Crippen LogP contribution in [0.25, 0.3) is 0 Å². The van der Waals surface area contributed by atoms with Gasteiger partial charge in [0.2, 0.25) is 0 Å². The summed E-state index contributed by atoms with van der Waals surface area (Å²) in [5.41, 5.74) is 1.71. The lowest BCUT2D eigenvalue weighted by molar-refractivity contribution is 0.608. The van der Waals surface area contributed by atoms with Crippen molar-refractivity contribution in [2.24, 2.45) is 0 Å². The molecule has 0 unspecified atom stereocenters. The first-order valence-electron chi connectivity index (χ1n) is 4.70. The first-order chi connectivity index (χ1) is 7.59. The smallest absolute Gasteiger partial charge is 0.137 e. The molecule has 84 valence electrons. The zero-order chi connectivity index (χ0) is 11.7. The third-order valence-electron chi connectivity index (χ3n) is 2.39. The van der Waals surface area contributed by atoms with Crippen molar-refractivity contribution in [1.29, 1.82) is 0 Å². The Labute approximate surface area is 106 Å². The van der Waals surface area contributed by atoms with E-state index in [1.54, 1.807) is 16.9 Å². The zero-order valence-electron chi connectivity index (χ0n) is 8.54. The molecule has 5 heteroatoms. The molecule has 1 aromatic carbocycles. The van der Waals surface area contributed by atoms with Crippen LogP contribution in [0, 0.1) is 12.7 Å². The Balaban J connectivity index is 2.34. The lowest BCUT2D eigenvalue weighted by atomic mass is 10.2. The molecule has 0 N–H and O–H groups in total. The highest BCUT2D eigenvalue weighted by Gasteiger charge is 2.09. The molecule has 2 nitrogen and oxygen atoms in total. The van der Waals surface area contributed by atoms with Gasteiger partial charge in [-0.2, -0.15) is 5.10 Å². The number of nitrogens with zero attached hydrogens (tertiary/aromatic N) is 2. The molecule has 2 aromatic rings. The van der Waals surface area contributed by atoms with Crippen LogP contribution in [0.1, 0.15) is 11.3 Å². The molecule has 0 aliphatic heterocycles. The number of rotatable bonds is 2. The molecular weight excluding hydrogens is 294 g/mol. The molecule has 1 heterocycles. The predicted octanol–water partition coefficient (Wildman–Crippen LogP) is 3.79. The molecule has 0 fully saturated rings. The molecule has 0 saturated carbocycles. The largest absolute Gasteiger partial charge is 0.264 e. The summed E-state index contributed by atoms with van der Waals surface area (Å²) >= 11 is 9.12. The van der Waals surface area contributed by atoms with Crippen LogP contribution in [-0.4, -0.2) is 9.78 Å². The van der Waals surface area contributed by atoms with E-state index in [0.717, 1.165) is 11.3 Å². The van der Waals surface area contributed by atoms with Crippen molar-refractivity contribution >= 4 is 27.5 Å². The topological polar surface area (TPSA) is 17.8 Å². The molecule has 0 bridgehead atoms. The van der Waals surface area contributed by atoms with E-state index in [9.17, 15) is 4.39 Å². The number of benzene rings is 1. The molecule has 0 saturated heterocycles. The van der Waals surface area contributed by atoms with Gasteiger partial charge in [0, 0.05) is 0 Å². The highest BCUT2D eigenvalue weighted by molar-refractivity contribution is 9.10. The van der Waals surface area contributed by atoms with E-state index in [4.69, 9.17) is 11.6 Å². The van der Waals surface area contributed by atoms with E-state index in [1.165, 1.54) is 6.07 Å². The second-order valence-corrected chi connectivity index (χ2v) is 4.65. The van der Waals surface area contributed by atoms with Gasteiger partial charge >= 0.3 is 0 Å². The number of halogens is 3. The molecule has 0 spiro atoms. The van der Waals surface area contributed by atoms with Gasteiger partial charge in [-0.15, -0.1) is 0 Å². The minimum Gasteiger partial charge on any atom is -0.264 e.